The number of hydrogen-bond acceptors (Lipinski definition) is 4. The molecular weight excluding hydrogens is 216 g/mol. The van der Waals surface area contributed by atoms with E-state index in [1.807, 2.05) is 13.0 Å². The maximum absolute atomic E-state index is 5.60. The molecule has 0 aromatic carbocycles. The zero-order valence-corrected chi connectivity index (χ0v) is 9.38. The summed E-state index contributed by atoms with van der Waals surface area (Å²) in [5.74, 6) is 0.821. The van der Waals surface area contributed by atoms with Crippen molar-refractivity contribution in [2.24, 2.45) is 0 Å². The smallest absolute Gasteiger partial charge is 0.177 e. The minimum atomic E-state index is 0.562. The van der Waals surface area contributed by atoms with Gasteiger partial charge in [0.1, 0.15) is 5.82 Å². The fourth-order valence-corrected chi connectivity index (χ4v) is 1.75. The summed E-state index contributed by atoms with van der Waals surface area (Å²) >= 11 is 0. The summed E-state index contributed by atoms with van der Waals surface area (Å²) in [4.78, 5) is 11.9. The Morgan fingerprint density at radius 3 is 3.06 bits per heavy atom. The normalized spacial score (nSPS) is 11.1. The van der Waals surface area contributed by atoms with Gasteiger partial charge in [0.05, 0.1) is 23.9 Å². The van der Waals surface area contributed by atoms with Gasteiger partial charge in [0.15, 0.2) is 5.65 Å². The summed E-state index contributed by atoms with van der Waals surface area (Å²) in [5.41, 5.74) is 9.03. The molecule has 0 unspecified atom stereocenters. The van der Waals surface area contributed by atoms with Crippen molar-refractivity contribution in [2.45, 2.75) is 13.5 Å². The molecular formula is C11H12N6. The molecule has 3 aromatic rings. The van der Waals surface area contributed by atoms with Crippen LogP contribution in [-0.4, -0.2) is 24.7 Å². The number of fused-ring (bicyclic) bond motifs is 1. The van der Waals surface area contributed by atoms with Gasteiger partial charge in [-0.05, 0) is 18.6 Å². The van der Waals surface area contributed by atoms with Crippen molar-refractivity contribution < 1.29 is 0 Å². The maximum atomic E-state index is 5.60. The molecule has 3 rings (SSSR count). The number of anilines is 1. The van der Waals surface area contributed by atoms with Gasteiger partial charge < -0.3 is 10.7 Å². The second-order valence-corrected chi connectivity index (χ2v) is 4.04. The van der Waals surface area contributed by atoms with Crippen molar-refractivity contribution in [3.8, 4) is 0 Å². The summed E-state index contributed by atoms with van der Waals surface area (Å²) < 4.78 is 1.74. The largest absolute Gasteiger partial charge is 0.396 e. The molecule has 0 aliphatic carbocycles. The first-order chi connectivity index (χ1) is 8.20. The molecule has 6 nitrogen and oxygen atoms in total. The molecule has 0 aliphatic heterocycles. The summed E-state index contributed by atoms with van der Waals surface area (Å²) in [6, 6.07) is 2.02. The summed E-state index contributed by atoms with van der Waals surface area (Å²) in [5, 5.41) is 4.11. The van der Waals surface area contributed by atoms with E-state index in [0.29, 0.717) is 12.2 Å². The number of nitrogens with zero attached hydrogens (tertiary/aromatic N) is 4. The minimum Gasteiger partial charge on any atom is -0.396 e. The molecule has 0 fully saturated rings. The average molecular weight is 228 g/mol. The number of aryl methyl sites for hydroxylation is 1. The molecule has 0 radical (unpaired) electrons. The first-order valence-electron chi connectivity index (χ1n) is 5.30. The Bertz CT molecular complexity index is 665. The summed E-state index contributed by atoms with van der Waals surface area (Å²) in [6.45, 7) is 2.56. The van der Waals surface area contributed by atoms with Crippen molar-refractivity contribution in [1.82, 2.24) is 24.7 Å². The minimum absolute atomic E-state index is 0.562. The van der Waals surface area contributed by atoms with E-state index in [-0.39, 0.29) is 0 Å². The number of aromatic amines is 1. The maximum Gasteiger partial charge on any atom is 0.177 e. The highest BCUT2D eigenvalue weighted by Crippen LogP contribution is 2.11. The van der Waals surface area contributed by atoms with E-state index in [4.69, 9.17) is 5.73 Å². The lowest BCUT2D eigenvalue weighted by Crippen LogP contribution is -2.01. The third kappa shape index (κ3) is 1.84. The fraction of sp³-hybridized carbons (Fsp3) is 0.182. The van der Waals surface area contributed by atoms with E-state index in [1.165, 1.54) is 0 Å². The lowest BCUT2D eigenvalue weighted by atomic mass is 10.3. The molecule has 0 saturated carbocycles. The molecule has 17 heavy (non-hydrogen) atoms. The number of pyridine rings is 1. The zero-order valence-electron chi connectivity index (χ0n) is 9.38. The SMILES string of the molecule is Cc1cnc2nc(Cn3cc(N)cn3)[nH]c2c1. The van der Waals surface area contributed by atoms with Gasteiger partial charge >= 0.3 is 0 Å². The molecule has 3 N–H and O–H groups in total. The predicted octanol–water partition coefficient (Wildman–Crippen LogP) is 1.09. The average Bonchev–Trinajstić information content (AvgIpc) is 2.84. The van der Waals surface area contributed by atoms with Gasteiger partial charge in [0, 0.05) is 12.4 Å². The third-order valence-electron chi connectivity index (χ3n) is 2.49. The third-order valence-corrected chi connectivity index (χ3v) is 2.49. The molecule has 0 bridgehead atoms. The molecule has 3 heterocycles. The molecule has 86 valence electrons. The first-order valence-corrected chi connectivity index (χ1v) is 5.30. The number of nitrogens with two attached hydrogens (primary N) is 1. The van der Waals surface area contributed by atoms with Crippen LogP contribution in [0.2, 0.25) is 0 Å². The van der Waals surface area contributed by atoms with Crippen LogP contribution in [0.3, 0.4) is 0 Å². The first kappa shape index (κ1) is 9.83. The van der Waals surface area contributed by atoms with E-state index >= 15 is 0 Å². The van der Waals surface area contributed by atoms with Crippen molar-refractivity contribution in [2.75, 3.05) is 5.73 Å². The Morgan fingerprint density at radius 2 is 2.29 bits per heavy atom. The Hall–Kier alpha value is -2.37. The van der Waals surface area contributed by atoms with Crippen LogP contribution in [0.4, 0.5) is 5.69 Å². The molecule has 0 spiro atoms. The topological polar surface area (TPSA) is 85.4 Å². The summed E-state index contributed by atoms with van der Waals surface area (Å²) in [6.07, 6.45) is 5.19. The van der Waals surface area contributed by atoms with E-state index in [2.05, 4.69) is 20.1 Å². The molecule has 0 amide bonds. The molecule has 3 aromatic heterocycles. The van der Waals surface area contributed by atoms with E-state index in [1.54, 1.807) is 23.3 Å². The second-order valence-electron chi connectivity index (χ2n) is 4.04. The van der Waals surface area contributed by atoms with Crippen LogP contribution in [-0.2, 0) is 6.54 Å². The van der Waals surface area contributed by atoms with Gasteiger partial charge in [0.25, 0.3) is 0 Å². The van der Waals surface area contributed by atoms with E-state index < -0.39 is 0 Å². The predicted molar refractivity (Wildman–Crippen MR) is 64.4 cm³/mol. The van der Waals surface area contributed by atoms with E-state index in [0.717, 1.165) is 22.6 Å². The highest BCUT2D eigenvalue weighted by molar-refractivity contribution is 5.70. The van der Waals surface area contributed by atoms with Gasteiger partial charge in [-0.1, -0.05) is 0 Å². The zero-order chi connectivity index (χ0) is 11.8. The number of imidazole rings is 1. The van der Waals surface area contributed by atoms with Crippen LogP contribution < -0.4 is 5.73 Å². The fourth-order valence-electron chi connectivity index (χ4n) is 1.75. The second kappa shape index (κ2) is 3.58. The van der Waals surface area contributed by atoms with Crippen molar-refractivity contribution in [1.29, 1.82) is 0 Å². The van der Waals surface area contributed by atoms with Gasteiger partial charge in [-0.2, -0.15) is 5.10 Å². The number of nitrogens with one attached hydrogen (secondary N) is 1. The number of hydrogen-bond donors (Lipinski definition) is 2. The van der Waals surface area contributed by atoms with Gasteiger partial charge in [-0.25, -0.2) is 9.97 Å². The lowest BCUT2D eigenvalue weighted by molar-refractivity contribution is 0.663. The monoisotopic (exact) mass is 228 g/mol. The number of H-pyrrole nitrogens is 1. The molecule has 6 heteroatoms. The van der Waals surface area contributed by atoms with Gasteiger partial charge in [-0.15, -0.1) is 0 Å². The van der Waals surface area contributed by atoms with Crippen LogP contribution >= 0.6 is 0 Å². The lowest BCUT2D eigenvalue weighted by Gasteiger charge is -1.95. The Kier molecular flexibility index (Phi) is 2.07. The van der Waals surface area contributed by atoms with Gasteiger partial charge in [0.2, 0.25) is 0 Å². The van der Waals surface area contributed by atoms with Crippen LogP contribution in [0.5, 0.6) is 0 Å². The number of rotatable bonds is 2. The van der Waals surface area contributed by atoms with Crippen LogP contribution in [0.25, 0.3) is 11.2 Å². The van der Waals surface area contributed by atoms with Crippen LogP contribution in [0.15, 0.2) is 24.7 Å². The highest BCUT2D eigenvalue weighted by atomic mass is 15.3. The Labute approximate surface area is 97.5 Å². The Morgan fingerprint density at radius 1 is 1.41 bits per heavy atom. The highest BCUT2D eigenvalue weighted by Gasteiger charge is 2.05. The van der Waals surface area contributed by atoms with Crippen LogP contribution in [0.1, 0.15) is 11.4 Å². The number of aromatic nitrogens is 5. The van der Waals surface area contributed by atoms with Crippen molar-refractivity contribution >= 4 is 16.9 Å². The van der Waals surface area contributed by atoms with Crippen LogP contribution in [0, 0.1) is 6.92 Å². The quantitative estimate of drug-likeness (QED) is 0.687. The molecule has 0 atom stereocenters. The Balaban J connectivity index is 1.95. The standard InChI is InChI=1S/C11H12N6/c1-7-2-9-11(13-3-7)16-10(15-9)6-17-5-8(12)4-14-17/h2-5H,6,12H2,1H3,(H,13,15,16). The van der Waals surface area contributed by atoms with Gasteiger partial charge in [-0.3, -0.25) is 4.68 Å². The van der Waals surface area contributed by atoms with E-state index in [9.17, 15) is 0 Å². The summed E-state index contributed by atoms with van der Waals surface area (Å²) in [7, 11) is 0. The molecule has 0 aliphatic rings. The van der Waals surface area contributed by atoms with Crippen molar-refractivity contribution in [3.63, 3.8) is 0 Å². The molecule has 0 saturated heterocycles. The number of nitrogen functional groups attached to an aromatic ring is 1. The van der Waals surface area contributed by atoms with Crippen molar-refractivity contribution in [3.05, 3.63) is 36.0 Å².